The fourth-order valence-electron chi connectivity index (χ4n) is 1.71. The molecule has 0 bridgehead atoms. The van der Waals surface area contributed by atoms with Crippen molar-refractivity contribution < 1.29 is 9.90 Å². The minimum Gasteiger partial charge on any atom is -0.394 e. The molecular weight excluding hydrogens is 248 g/mol. The fourth-order valence-corrected chi connectivity index (χ4v) is 1.71. The van der Waals surface area contributed by atoms with Crippen LogP contribution < -0.4 is 11.0 Å². The fraction of sp³-hybridized carbons (Fsp3) is 0.417. The Morgan fingerprint density at radius 3 is 3.00 bits per heavy atom. The molecule has 0 fully saturated rings. The number of carbonyl (C=O) groups excluding carboxylic acids is 1. The zero-order valence-electron chi connectivity index (χ0n) is 10.6. The molecule has 7 nitrogen and oxygen atoms in total. The van der Waals surface area contributed by atoms with Gasteiger partial charge in [-0.05, 0) is 19.1 Å². The molecule has 0 saturated carbocycles. The molecule has 0 radical (unpaired) electrons. The Morgan fingerprint density at radius 2 is 2.32 bits per heavy atom. The molecule has 2 heterocycles. The van der Waals surface area contributed by atoms with Crippen molar-refractivity contribution in [1.29, 1.82) is 0 Å². The van der Waals surface area contributed by atoms with Crippen LogP contribution >= 0.6 is 0 Å². The number of aliphatic hydroxyl groups excluding tert-OH is 1. The summed E-state index contributed by atoms with van der Waals surface area (Å²) in [6, 6.07) is 4.98. The van der Waals surface area contributed by atoms with Crippen molar-refractivity contribution in [1.82, 2.24) is 19.5 Å². The maximum atomic E-state index is 11.9. The van der Waals surface area contributed by atoms with E-state index in [-0.39, 0.29) is 37.2 Å². The molecule has 19 heavy (non-hydrogen) atoms. The summed E-state index contributed by atoms with van der Waals surface area (Å²) < 4.78 is 2.69. The highest BCUT2D eigenvalue weighted by atomic mass is 16.3. The molecule has 0 saturated heterocycles. The molecule has 0 aliphatic carbocycles. The van der Waals surface area contributed by atoms with Crippen molar-refractivity contribution in [3.63, 3.8) is 0 Å². The lowest BCUT2D eigenvalue weighted by Gasteiger charge is -2.09. The van der Waals surface area contributed by atoms with Crippen LogP contribution in [0.2, 0.25) is 0 Å². The molecule has 1 unspecified atom stereocenters. The highest BCUT2D eigenvalue weighted by Gasteiger charge is 2.09. The number of hydrogen-bond donors (Lipinski definition) is 2. The number of hydrogen-bond acceptors (Lipinski definition) is 4. The summed E-state index contributed by atoms with van der Waals surface area (Å²) in [4.78, 5) is 23.5. The number of aliphatic hydroxyl groups is 1. The van der Waals surface area contributed by atoms with Crippen LogP contribution in [-0.4, -0.2) is 37.8 Å². The summed E-state index contributed by atoms with van der Waals surface area (Å²) in [6.45, 7) is 1.81. The molecule has 0 spiro atoms. The van der Waals surface area contributed by atoms with Gasteiger partial charge in [0.1, 0.15) is 0 Å². The maximum Gasteiger partial charge on any atom is 0.350 e. The third kappa shape index (κ3) is 3.00. The van der Waals surface area contributed by atoms with Gasteiger partial charge in [0.2, 0.25) is 5.91 Å². The van der Waals surface area contributed by atoms with Gasteiger partial charge in [0.15, 0.2) is 5.65 Å². The summed E-state index contributed by atoms with van der Waals surface area (Å²) >= 11 is 0. The third-order valence-corrected chi connectivity index (χ3v) is 2.72. The SMILES string of the molecule is CC(CO)NC(=O)CCn1nc2ccccn2c1=O. The second kappa shape index (κ2) is 5.66. The molecule has 0 aromatic carbocycles. The number of aromatic nitrogens is 3. The normalized spacial score (nSPS) is 12.5. The first-order valence-corrected chi connectivity index (χ1v) is 6.06. The molecule has 0 aliphatic rings. The molecule has 2 N–H and O–H groups in total. The Bertz CT molecular complexity index is 631. The number of carbonyl (C=O) groups is 1. The highest BCUT2D eigenvalue weighted by Crippen LogP contribution is 1.96. The third-order valence-electron chi connectivity index (χ3n) is 2.72. The highest BCUT2D eigenvalue weighted by molar-refractivity contribution is 5.76. The minimum absolute atomic E-state index is 0.111. The van der Waals surface area contributed by atoms with Gasteiger partial charge in [0.05, 0.1) is 13.2 Å². The minimum atomic E-state index is -0.287. The van der Waals surface area contributed by atoms with Gasteiger partial charge in [0.25, 0.3) is 0 Å². The van der Waals surface area contributed by atoms with Crippen LogP contribution in [0.3, 0.4) is 0 Å². The Balaban J connectivity index is 2.04. The van der Waals surface area contributed by atoms with E-state index >= 15 is 0 Å². The van der Waals surface area contributed by atoms with Crippen LogP contribution in [0.1, 0.15) is 13.3 Å². The van der Waals surface area contributed by atoms with E-state index < -0.39 is 0 Å². The predicted octanol–water partition coefficient (Wildman–Crippen LogP) is -0.617. The van der Waals surface area contributed by atoms with Gasteiger partial charge in [-0.25, -0.2) is 9.48 Å². The molecular formula is C12H16N4O3. The Labute approximate surface area is 109 Å². The zero-order chi connectivity index (χ0) is 13.8. The summed E-state index contributed by atoms with van der Waals surface area (Å²) in [5.41, 5.74) is 0.287. The van der Waals surface area contributed by atoms with Crippen molar-refractivity contribution >= 4 is 11.6 Å². The van der Waals surface area contributed by atoms with Gasteiger partial charge in [-0.15, -0.1) is 5.10 Å². The lowest BCUT2D eigenvalue weighted by Crippen LogP contribution is -2.36. The van der Waals surface area contributed by atoms with Crippen molar-refractivity contribution in [2.75, 3.05) is 6.61 Å². The molecule has 2 aromatic rings. The molecule has 0 aliphatic heterocycles. The zero-order valence-corrected chi connectivity index (χ0v) is 10.6. The van der Waals surface area contributed by atoms with Gasteiger partial charge in [-0.1, -0.05) is 6.07 Å². The first-order chi connectivity index (χ1) is 9.11. The maximum absolute atomic E-state index is 11.9. The van der Waals surface area contributed by atoms with Crippen molar-refractivity contribution in [2.45, 2.75) is 25.9 Å². The predicted molar refractivity (Wildman–Crippen MR) is 68.8 cm³/mol. The standard InChI is InChI=1S/C12H16N4O3/c1-9(8-17)13-11(18)5-7-16-12(19)15-6-3-2-4-10(15)14-16/h2-4,6,9,17H,5,7-8H2,1H3,(H,13,18). The van der Waals surface area contributed by atoms with Crippen LogP contribution in [0.25, 0.3) is 5.65 Å². The van der Waals surface area contributed by atoms with Crippen molar-refractivity contribution in [2.24, 2.45) is 0 Å². The van der Waals surface area contributed by atoms with Crippen LogP contribution in [0.15, 0.2) is 29.2 Å². The van der Waals surface area contributed by atoms with E-state index in [0.29, 0.717) is 5.65 Å². The number of fused-ring (bicyclic) bond motifs is 1. The van der Waals surface area contributed by atoms with Crippen molar-refractivity contribution in [3.05, 3.63) is 34.9 Å². The van der Waals surface area contributed by atoms with Gasteiger partial charge < -0.3 is 10.4 Å². The number of nitrogens with one attached hydrogen (secondary N) is 1. The van der Waals surface area contributed by atoms with E-state index in [9.17, 15) is 9.59 Å². The van der Waals surface area contributed by atoms with Crippen LogP contribution in [0, 0.1) is 0 Å². The smallest absolute Gasteiger partial charge is 0.350 e. The first-order valence-electron chi connectivity index (χ1n) is 6.06. The van der Waals surface area contributed by atoms with Gasteiger partial charge >= 0.3 is 5.69 Å². The largest absolute Gasteiger partial charge is 0.394 e. The quantitative estimate of drug-likeness (QED) is 0.753. The summed E-state index contributed by atoms with van der Waals surface area (Å²) in [5.74, 6) is -0.217. The summed E-state index contributed by atoms with van der Waals surface area (Å²) in [5, 5.41) is 15.6. The van der Waals surface area contributed by atoms with Gasteiger partial charge in [0, 0.05) is 18.7 Å². The Morgan fingerprint density at radius 1 is 1.53 bits per heavy atom. The van der Waals surface area contributed by atoms with E-state index in [4.69, 9.17) is 5.11 Å². The molecule has 7 heteroatoms. The Hall–Kier alpha value is -2.15. The number of nitrogens with zero attached hydrogens (tertiary/aromatic N) is 3. The van der Waals surface area contributed by atoms with E-state index in [1.807, 2.05) is 0 Å². The second-order valence-corrected chi connectivity index (χ2v) is 4.34. The monoisotopic (exact) mass is 264 g/mol. The van der Waals surface area contributed by atoms with Crippen LogP contribution in [0.5, 0.6) is 0 Å². The lowest BCUT2D eigenvalue weighted by molar-refractivity contribution is -0.122. The van der Waals surface area contributed by atoms with Crippen molar-refractivity contribution in [3.8, 4) is 0 Å². The van der Waals surface area contributed by atoms with Gasteiger partial charge in [-0.2, -0.15) is 0 Å². The molecule has 102 valence electrons. The second-order valence-electron chi connectivity index (χ2n) is 4.34. The first kappa shape index (κ1) is 13.3. The van der Waals surface area contributed by atoms with E-state index in [2.05, 4.69) is 10.4 Å². The molecule has 1 amide bonds. The topological polar surface area (TPSA) is 88.6 Å². The van der Waals surface area contributed by atoms with E-state index in [1.54, 1.807) is 31.3 Å². The lowest BCUT2D eigenvalue weighted by atomic mass is 10.3. The molecule has 2 aromatic heterocycles. The summed E-state index contributed by atoms with van der Waals surface area (Å²) in [7, 11) is 0. The number of aryl methyl sites for hydroxylation is 1. The van der Waals surface area contributed by atoms with Crippen LogP contribution in [-0.2, 0) is 11.3 Å². The molecule has 2 rings (SSSR count). The van der Waals surface area contributed by atoms with Crippen LogP contribution in [0.4, 0.5) is 0 Å². The number of amides is 1. The number of pyridine rings is 1. The van der Waals surface area contributed by atoms with E-state index in [1.165, 1.54) is 9.08 Å². The average Bonchev–Trinajstić information content (AvgIpc) is 2.73. The summed E-state index contributed by atoms with van der Waals surface area (Å²) in [6.07, 6.45) is 1.78. The van der Waals surface area contributed by atoms with E-state index in [0.717, 1.165) is 0 Å². The average molecular weight is 264 g/mol. The number of rotatable bonds is 5. The van der Waals surface area contributed by atoms with Gasteiger partial charge in [-0.3, -0.25) is 9.20 Å². The molecule has 1 atom stereocenters. The Kier molecular flexibility index (Phi) is 3.96.